The Morgan fingerprint density at radius 1 is 1.09 bits per heavy atom. The fraction of sp³-hybridized carbons (Fsp3) is 0.478. The van der Waals surface area contributed by atoms with Gasteiger partial charge in [0, 0.05) is 29.9 Å². The molecular weight excluding hydrogens is 417 g/mol. The Balaban J connectivity index is 1.53. The van der Waals surface area contributed by atoms with Crippen molar-refractivity contribution in [3.63, 3.8) is 0 Å². The number of aromatic nitrogens is 3. The van der Waals surface area contributed by atoms with Crippen LogP contribution in [0, 0.1) is 6.92 Å². The summed E-state index contributed by atoms with van der Waals surface area (Å²) in [5.41, 5.74) is 2.10. The van der Waals surface area contributed by atoms with E-state index >= 15 is 0 Å². The molecule has 3 N–H and O–H groups in total. The zero-order chi connectivity index (χ0) is 22.3. The van der Waals surface area contributed by atoms with Crippen LogP contribution >= 0.6 is 0 Å². The van der Waals surface area contributed by atoms with Crippen molar-refractivity contribution in [3.8, 4) is 0 Å². The van der Waals surface area contributed by atoms with Crippen LogP contribution < -0.4 is 16.0 Å². The summed E-state index contributed by atoms with van der Waals surface area (Å²) in [6, 6.07) is 6.08. The molecule has 0 bridgehead atoms. The monoisotopic (exact) mass is 444 g/mol. The highest BCUT2D eigenvalue weighted by Crippen LogP contribution is 2.39. The summed E-state index contributed by atoms with van der Waals surface area (Å²) in [5, 5.41) is 14.6. The van der Waals surface area contributed by atoms with Crippen LogP contribution in [0.15, 0.2) is 30.5 Å². The van der Waals surface area contributed by atoms with Gasteiger partial charge in [-0.2, -0.15) is 22.8 Å². The van der Waals surface area contributed by atoms with Crippen molar-refractivity contribution in [1.29, 1.82) is 0 Å². The lowest BCUT2D eigenvalue weighted by molar-refractivity contribution is -0.137. The van der Waals surface area contributed by atoms with Gasteiger partial charge in [0.2, 0.25) is 0 Å². The summed E-state index contributed by atoms with van der Waals surface area (Å²) in [6.45, 7) is 3.53. The summed E-state index contributed by atoms with van der Waals surface area (Å²) in [6.07, 6.45) is 3.01. The quantitative estimate of drug-likeness (QED) is 0.503. The lowest BCUT2D eigenvalue weighted by Crippen LogP contribution is -2.38. The molecule has 0 spiro atoms. The number of anilines is 3. The molecule has 5 rings (SSSR count). The van der Waals surface area contributed by atoms with Crippen molar-refractivity contribution < 1.29 is 13.2 Å². The van der Waals surface area contributed by atoms with E-state index in [0.29, 0.717) is 28.8 Å². The Hall–Kier alpha value is -2.81. The first-order chi connectivity index (χ1) is 15.4. The van der Waals surface area contributed by atoms with Crippen molar-refractivity contribution in [2.45, 2.75) is 57.2 Å². The average molecular weight is 445 g/mol. The van der Waals surface area contributed by atoms with Crippen LogP contribution in [0.2, 0.25) is 0 Å². The second-order valence-electron chi connectivity index (χ2n) is 8.89. The van der Waals surface area contributed by atoms with Gasteiger partial charge < -0.3 is 16.0 Å². The summed E-state index contributed by atoms with van der Waals surface area (Å²) >= 11 is 0. The highest BCUT2D eigenvalue weighted by atomic mass is 19.4. The van der Waals surface area contributed by atoms with Gasteiger partial charge in [0.15, 0.2) is 5.65 Å². The highest BCUT2D eigenvalue weighted by Gasteiger charge is 2.31. The number of rotatable bonds is 5. The van der Waals surface area contributed by atoms with Gasteiger partial charge in [0.05, 0.1) is 11.8 Å². The molecule has 1 unspecified atom stereocenters. The van der Waals surface area contributed by atoms with Crippen molar-refractivity contribution in [2.75, 3.05) is 23.7 Å². The van der Waals surface area contributed by atoms with E-state index in [-0.39, 0.29) is 6.04 Å². The van der Waals surface area contributed by atoms with E-state index in [1.165, 1.54) is 6.42 Å². The number of alkyl halides is 3. The molecule has 2 aliphatic rings. The number of halogens is 3. The Labute approximate surface area is 184 Å². The molecule has 1 saturated carbocycles. The highest BCUT2D eigenvalue weighted by molar-refractivity contribution is 5.67. The van der Waals surface area contributed by atoms with Crippen LogP contribution in [0.5, 0.6) is 0 Å². The Morgan fingerprint density at radius 2 is 1.94 bits per heavy atom. The maximum atomic E-state index is 13.3. The number of nitrogens with one attached hydrogen (secondary N) is 3. The maximum absolute atomic E-state index is 13.3. The second-order valence-corrected chi connectivity index (χ2v) is 8.89. The van der Waals surface area contributed by atoms with E-state index < -0.39 is 11.7 Å². The van der Waals surface area contributed by atoms with Crippen LogP contribution in [0.3, 0.4) is 0 Å². The molecular formula is C23H27F3N6. The summed E-state index contributed by atoms with van der Waals surface area (Å²) in [5.74, 6) is 1.74. The third-order valence-corrected chi connectivity index (χ3v) is 6.37. The van der Waals surface area contributed by atoms with Gasteiger partial charge in [-0.25, -0.2) is 4.98 Å². The van der Waals surface area contributed by atoms with Gasteiger partial charge >= 0.3 is 6.18 Å². The van der Waals surface area contributed by atoms with Crippen LogP contribution in [0.25, 0.3) is 5.65 Å². The topological polar surface area (TPSA) is 66.3 Å². The molecule has 3 aromatic rings. The Morgan fingerprint density at radius 3 is 2.62 bits per heavy atom. The van der Waals surface area contributed by atoms with Crippen LogP contribution in [-0.2, 0) is 6.18 Å². The first-order valence-electron chi connectivity index (χ1n) is 11.2. The fourth-order valence-electron chi connectivity index (χ4n) is 4.50. The molecule has 2 aromatic heterocycles. The maximum Gasteiger partial charge on any atom is 0.416 e. The van der Waals surface area contributed by atoms with E-state index in [1.54, 1.807) is 17.5 Å². The van der Waals surface area contributed by atoms with Gasteiger partial charge in [-0.05, 0) is 68.8 Å². The second kappa shape index (κ2) is 8.27. The fourth-order valence-corrected chi connectivity index (χ4v) is 4.50. The molecule has 1 aromatic carbocycles. The SMILES string of the molecule is Cc1cc(Nc2cc(NC3CCCNC3)nc3c(C4CCC4)cnn23)cc(C(F)(F)F)c1. The Kier molecular flexibility index (Phi) is 5.44. The van der Waals surface area contributed by atoms with Crippen molar-refractivity contribution in [3.05, 3.63) is 47.2 Å². The number of fused-ring (bicyclic) bond motifs is 1. The molecule has 0 amide bonds. The number of aryl methyl sites for hydroxylation is 1. The average Bonchev–Trinajstić information content (AvgIpc) is 3.10. The number of hydrogen-bond acceptors (Lipinski definition) is 5. The van der Waals surface area contributed by atoms with Crippen LogP contribution in [0.1, 0.15) is 54.7 Å². The lowest BCUT2D eigenvalue weighted by Gasteiger charge is -2.26. The predicted octanol–water partition coefficient (Wildman–Crippen LogP) is 5.23. The molecule has 3 heterocycles. The third kappa shape index (κ3) is 4.26. The van der Waals surface area contributed by atoms with Crippen molar-refractivity contribution in [1.82, 2.24) is 19.9 Å². The van der Waals surface area contributed by atoms with Gasteiger partial charge in [-0.3, -0.25) is 0 Å². The minimum absolute atomic E-state index is 0.262. The molecule has 0 radical (unpaired) electrons. The van der Waals surface area contributed by atoms with Gasteiger partial charge in [0.1, 0.15) is 11.6 Å². The molecule has 1 aliphatic heterocycles. The summed E-state index contributed by atoms with van der Waals surface area (Å²) in [4.78, 5) is 4.85. The summed E-state index contributed by atoms with van der Waals surface area (Å²) < 4.78 is 41.7. The number of hydrogen-bond donors (Lipinski definition) is 3. The minimum atomic E-state index is -4.40. The summed E-state index contributed by atoms with van der Waals surface area (Å²) in [7, 11) is 0. The molecule has 170 valence electrons. The number of nitrogens with zero attached hydrogens (tertiary/aromatic N) is 3. The normalized spacial score (nSPS) is 19.7. The first-order valence-corrected chi connectivity index (χ1v) is 11.2. The Bertz CT molecular complexity index is 1110. The smallest absolute Gasteiger partial charge is 0.366 e. The molecule has 6 nitrogen and oxygen atoms in total. The van der Waals surface area contributed by atoms with Crippen molar-refractivity contribution in [2.24, 2.45) is 0 Å². The van der Waals surface area contributed by atoms with Gasteiger partial charge in [-0.1, -0.05) is 6.42 Å². The molecule has 1 aliphatic carbocycles. The largest absolute Gasteiger partial charge is 0.416 e. The third-order valence-electron chi connectivity index (χ3n) is 6.37. The zero-order valence-corrected chi connectivity index (χ0v) is 18.0. The van der Waals surface area contributed by atoms with E-state index in [4.69, 9.17) is 4.98 Å². The number of piperidine rings is 1. The molecule has 9 heteroatoms. The lowest BCUT2D eigenvalue weighted by atomic mass is 9.81. The minimum Gasteiger partial charge on any atom is -0.366 e. The van der Waals surface area contributed by atoms with Gasteiger partial charge in [-0.15, -0.1) is 0 Å². The standard InChI is InChI=1S/C23H27F3N6/c1-14-8-16(23(24,25)26)10-18(9-14)30-21-11-20(29-17-6-3-7-27-12-17)31-22-19(13-28-32(21)22)15-4-2-5-15/h8-11,13,15,17,27,30H,2-7,12H2,1H3,(H,29,31). The van der Waals surface area contributed by atoms with E-state index in [0.717, 1.165) is 62.1 Å². The molecule has 2 fully saturated rings. The zero-order valence-electron chi connectivity index (χ0n) is 18.0. The van der Waals surface area contributed by atoms with Crippen molar-refractivity contribution >= 4 is 23.0 Å². The van der Waals surface area contributed by atoms with E-state index in [2.05, 4.69) is 21.0 Å². The van der Waals surface area contributed by atoms with Crippen LogP contribution in [-0.4, -0.2) is 33.7 Å². The van der Waals surface area contributed by atoms with Gasteiger partial charge in [0.25, 0.3) is 0 Å². The predicted molar refractivity (Wildman–Crippen MR) is 119 cm³/mol. The molecule has 1 atom stereocenters. The van der Waals surface area contributed by atoms with Crippen LogP contribution in [0.4, 0.5) is 30.5 Å². The van der Waals surface area contributed by atoms with E-state index in [1.807, 2.05) is 12.3 Å². The molecule has 32 heavy (non-hydrogen) atoms. The number of benzene rings is 1. The van der Waals surface area contributed by atoms with E-state index in [9.17, 15) is 13.2 Å². The first kappa shape index (κ1) is 21.1. The molecule has 1 saturated heterocycles.